The van der Waals surface area contributed by atoms with Gasteiger partial charge in [0.05, 0.1) is 6.42 Å². The third-order valence-corrected chi connectivity index (χ3v) is 2.85. The highest BCUT2D eigenvalue weighted by Gasteiger charge is 2.13. The van der Waals surface area contributed by atoms with E-state index in [4.69, 9.17) is 5.11 Å². The zero-order valence-electron chi connectivity index (χ0n) is 7.97. The quantitative estimate of drug-likeness (QED) is 0.857. The summed E-state index contributed by atoms with van der Waals surface area (Å²) in [7, 11) is 0. The van der Waals surface area contributed by atoms with Crippen molar-refractivity contribution in [2.24, 2.45) is 0 Å². The molecule has 0 unspecified atom stereocenters. The monoisotopic (exact) mass is 258 g/mol. The number of phenols is 1. The Bertz CT molecular complexity index is 385. The van der Waals surface area contributed by atoms with Gasteiger partial charge in [-0.2, -0.15) is 0 Å². The molecule has 0 aromatic heterocycles. The first-order valence-corrected chi connectivity index (χ1v) is 4.92. The maximum Gasteiger partial charge on any atom is 0.307 e. The summed E-state index contributed by atoms with van der Waals surface area (Å²) in [6.07, 6.45) is -0.0831. The lowest BCUT2D eigenvalue weighted by Gasteiger charge is -2.10. The molecule has 2 N–H and O–H groups in total. The molecule has 0 spiro atoms. The van der Waals surface area contributed by atoms with E-state index in [1.54, 1.807) is 19.9 Å². The van der Waals surface area contributed by atoms with Crippen molar-refractivity contribution in [2.75, 3.05) is 0 Å². The molecule has 1 rings (SSSR count). The molecular weight excluding hydrogens is 248 g/mol. The topological polar surface area (TPSA) is 57.5 Å². The van der Waals surface area contributed by atoms with E-state index in [1.165, 1.54) is 0 Å². The summed E-state index contributed by atoms with van der Waals surface area (Å²) in [5, 5.41) is 18.3. The second-order valence-electron chi connectivity index (χ2n) is 3.20. The molecule has 0 saturated heterocycles. The molecule has 0 aliphatic carbocycles. The predicted octanol–water partition coefficient (Wildman–Crippen LogP) is 2.40. The molecule has 0 saturated carbocycles. The Morgan fingerprint density at radius 3 is 2.57 bits per heavy atom. The molecular formula is C10H11BrO3. The normalized spacial score (nSPS) is 10.2. The Morgan fingerprint density at radius 1 is 1.50 bits per heavy atom. The third-order valence-electron chi connectivity index (χ3n) is 2.14. The summed E-state index contributed by atoms with van der Waals surface area (Å²) in [6, 6.07) is 1.72. The van der Waals surface area contributed by atoms with Gasteiger partial charge in [-0.1, -0.05) is 15.9 Å². The van der Waals surface area contributed by atoms with Crippen molar-refractivity contribution >= 4 is 21.9 Å². The third kappa shape index (κ3) is 2.07. The zero-order chi connectivity index (χ0) is 10.9. The number of aryl methyl sites for hydroxylation is 1. The minimum atomic E-state index is -0.906. The zero-order valence-corrected chi connectivity index (χ0v) is 9.55. The number of phenolic OH excluding ortho intramolecular Hbond substituents is 1. The Balaban J connectivity index is 3.29. The molecule has 4 heteroatoms. The van der Waals surface area contributed by atoms with Crippen LogP contribution in [0.3, 0.4) is 0 Å². The Labute approximate surface area is 90.5 Å². The average Bonchev–Trinajstić information content (AvgIpc) is 2.09. The number of aliphatic carboxylic acids is 1. The van der Waals surface area contributed by atoms with E-state index in [2.05, 4.69) is 15.9 Å². The number of hydrogen-bond donors (Lipinski definition) is 2. The van der Waals surface area contributed by atoms with E-state index in [0.29, 0.717) is 11.1 Å². The SMILES string of the molecule is Cc1cc(Br)c(CC(=O)O)c(C)c1O. The van der Waals surface area contributed by atoms with Crippen molar-refractivity contribution in [3.05, 3.63) is 27.2 Å². The lowest BCUT2D eigenvalue weighted by atomic mass is 10.0. The molecule has 0 bridgehead atoms. The van der Waals surface area contributed by atoms with Crippen molar-refractivity contribution in [3.63, 3.8) is 0 Å². The summed E-state index contributed by atoms with van der Waals surface area (Å²) in [5.74, 6) is -0.735. The van der Waals surface area contributed by atoms with Crippen LogP contribution in [-0.2, 0) is 11.2 Å². The van der Waals surface area contributed by atoms with Crippen molar-refractivity contribution in [3.8, 4) is 5.75 Å². The van der Waals surface area contributed by atoms with Crippen LogP contribution in [0.2, 0.25) is 0 Å². The molecule has 0 aliphatic heterocycles. The lowest BCUT2D eigenvalue weighted by molar-refractivity contribution is -0.136. The second-order valence-corrected chi connectivity index (χ2v) is 4.05. The van der Waals surface area contributed by atoms with Crippen molar-refractivity contribution in [1.29, 1.82) is 0 Å². The van der Waals surface area contributed by atoms with Crippen LogP contribution in [0.4, 0.5) is 0 Å². The fraction of sp³-hybridized carbons (Fsp3) is 0.300. The molecule has 0 atom stereocenters. The number of aromatic hydroxyl groups is 1. The Morgan fingerprint density at radius 2 is 2.07 bits per heavy atom. The van der Waals surface area contributed by atoms with Crippen LogP contribution in [0.15, 0.2) is 10.5 Å². The molecule has 76 valence electrons. The van der Waals surface area contributed by atoms with Crippen LogP contribution >= 0.6 is 15.9 Å². The van der Waals surface area contributed by atoms with E-state index in [9.17, 15) is 9.90 Å². The number of halogens is 1. The highest BCUT2D eigenvalue weighted by Crippen LogP contribution is 2.31. The predicted molar refractivity (Wildman–Crippen MR) is 56.6 cm³/mol. The summed E-state index contributed by atoms with van der Waals surface area (Å²) < 4.78 is 0.729. The van der Waals surface area contributed by atoms with E-state index in [-0.39, 0.29) is 12.2 Å². The largest absolute Gasteiger partial charge is 0.507 e. The van der Waals surface area contributed by atoms with Gasteiger partial charge in [0.2, 0.25) is 0 Å². The van der Waals surface area contributed by atoms with Crippen molar-refractivity contribution in [1.82, 2.24) is 0 Å². The maximum atomic E-state index is 10.6. The number of carboxylic acid groups (broad SMARTS) is 1. The van der Waals surface area contributed by atoms with Gasteiger partial charge in [0.1, 0.15) is 5.75 Å². The molecule has 1 aromatic carbocycles. The smallest absolute Gasteiger partial charge is 0.307 e. The van der Waals surface area contributed by atoms with Gasteiger partial charge in [-0.05, 0) is 36.6 Å². The Kier molecular flexibility index (Phi) is 3.16. The van der Waals surface area contributed by atoms with Crippen LogP contribution in [-0.4, -0.2) is 16.2 Å². The first-order valence-electron chi connectivity index (χ1n) is 4.12. The summed E-state index contributed by atoms with van der Waals surface area (Å²) >= 11 is 3.29. The summed E-state index contributed by atoms with van der Waals surface area (Å²) in [5.41, 5.74) is 1.99. The Hall–Kier alpha value is -1.03. The molecule has 14 heavy (non-hydrogen) atoms. The molecule has 0 amide bonds. The van der Waals surface area contributed by atoms with Gasteiger partial charge in [0.15, 0.2) is 0 Å². The number of carboxylic acids is 1. The first-order chi connectivity index (χ1) is 6.43. The minimum absolute atomic E-state index is 0.0831. The molecule has 0 fully saturated rings. The van der Waals surface area contributed by atoms with Crippen LogP contribution in [0.25, 0.3) is 0 Å². The van der Waals surface area contributed by atoms with E-state index >= 15 is 0 Å². The van der Waals surface area contributed by atoms with Crippen LogP contribution in [0.1, 0.15) is 16.7 Å². The average molecular weight is 259 g/mol. The van der Waals surface area contributed by atoms with Gasteiger partial charge < -0.3 is 10.2 Å². The highest BCUT2D eigenvalue weighted by molar-refractivity contribution is 9.10. The minimum Gasteiger partial charge on any atom is -0.507 e. The first kappa shape index (κ1) is 11.0. The standard InChI is InChI=1S/C10H11BrO3/c1-5-3-8(11)7(4-9(12)13)6(2)10(5)14/h3,14H,4H2,1-2H3,(H,12,13). The highest BCUT2D eigenvalue weighted by atomic mass is 79.9. The van der Waals surface area contributed by atoms with E-state index in [1.807, 2.05) is 0 Å². The lowest BCUT2D eigenvalue weighted by Crippen LogP contribution is -2.03. The molecule has 3 nitrogen and oxygen atoms in total. The summed E-state index contributed by atoms with van der Waals surface area (Å²) in [4.78, 5) is 10.6. The number of carbonyl (C=O) groups is 1. The summed E-state index contributed by atoms with van der Waals surface area (Å²) in [6.45, 7) is 3.49. The fourth-order valence-electron chi connectivity index (χ4n) is 1.33. The van der Waals surface area contributed by atoms with Crippen LogP contribution < -0.4 is 0 Å². The van der Waals surface area contributed by atoms with Crippen LogP contribution in [0.5, 0.6) is 5.75 Å². The molecule has 0 heterocycles. The van der Waals surface area contributed by atoms with E-state index in [0.717, 1.165) is 10.0 Å². The van der Waals surface area contributed by atoms with E-state index < -0.39 is 5.97 Å². The van der Waals surface area contributed by atoms with Gasteiger partial charge in [-0.15, -0.1) is 0 Å². The van der Waals surface area contributed by atoms with Crippen LogP contribution in [0, 0.1) is 13.8 Å². The second kappa shape index (κ2) is 4.00. The van der Waals surface area contributed by atoms with Gasteiger partial charge in [0, 0.05) is 4.47 Å². The fourth-order valence-corrected chi connectivity index (χ4v) is 2.11. The number of hydrogen-bond acceptors (Lipinski definition) is 2. The molecule has 0 aliphatic rings. The van der Waals surface area contributed by atoms with Crippen molar-refractivity contribution < 1.29 is 15.0 Å². The van der Waals surface area contributed by atoms with Crippen molar-refractivity contribution in [2.45, 2.75) is 20.3 Å². The van der Waals surface area contributed by atoms with Gasteiger partial charge in [-0.3, -0.25) is 4.79 Å². The van der Waals surface area contributed by atoms with Gasteiger partial charge >= 0.3 is 5.97 Å². The maximum absolute atomic E-state index is 10.6. The number of benzene rings is 1. The van der Waals surface area contributed by atoms with Gasteiger partial charge in [-0.25, -0.2) is 0 Å². The molecule has 0 radical (unpaired) electrons. The van der Waals surface area contributed by atoms with Gasteiger partial charge in [0.25, 0.3) is 0 Å². The number of rotatable bonds is 2. The molecule has 1 aromatic rings.